The summed E-state index contributed by atoms with van der Waals surface area (Å²) < 4.78 is 20.6. The molecule has 0 saturated carbocycles. The molecule has 2 amide bonds. The minimum atomic E-state index is -0.883. The lowest BCUT2D eigenvalue weighted by atomic mass is 10.1. The molecule has 0 spiro atoms. The number of carbonyl (C=O) groups is 3. The Bertz CT molecular complexity index is 1210. The molecule has 0 saturated heterocycles. The van der Waals surface area contributed by atoms with Crippen LogP contribution in [0.3, 0.4) is 0 Å². The lowest BCUT2D eigenvalue weighted by Gasteiger charge is -2.15. The highest BCUT2D eigenvalue weighted by molar-refractivity contribution is 6.07. The van der Waals surface area contributed by atoms with E-state index in [1.54, 1.807) is 24.3 Å². The Morgan fingerprint density at radius 1 is 1.00 bits per heavy atom. The normalized spacial score (nSPS) is 9.97. The first-order valence-electron chi connectivity index (χ1n) is 9.53. The van der Waals surface area contributed by atoms with Crippen LogP contribution in [0.1, 0.15) is 26.5 Å². The third-order valence-electron chi connectivity index (χ3n) is 4.35. The Morgan fingerprint density at radius 3 is 2.42 bits per heavy atom. The van der Waals surface area contributed by atoms with Crippen molar-refractivity contribution in [3.8, 4) is 17.6 Å². The smallest absolute Gasteiger partial charge is 0.340 e. The van der Waals surface area contributed by atoms with E-state index in [0.29, 0.717) is 11.3 Å². The van der Waals surface area contributed by atoms with E-state index in [1.807, 2.05) is 6.07 Å². The molecule has 0 aliphatic carbocycles. The number of ether oxygens (including phenoxy) is 3. The standard InChI is InChI=1S/C23H19N3O7/c1-30-19-10-16(17(11-20(19)31-2)26-22(28)18-7-4-8-32-18)23(29)33-13-21(27)25-15-6-3-5-14(9-15)12-24/h3-11H,13H2,1-2H3,(H,25,27)(H,26,28). The van der Waals surface area contributed by atoms with Crippen molar-refractivity contribution in [2.24, 2.45) is 0 Å². The lowest BCUT2D eigenvalue weighted by molar-refractivity contribution is -0.119. The van der Waals surface area contributed by atoms with Crippen molar-refractivity contribution in [3.05, 3.63) is 71.7 Å². The first-order chi connectivity index (χ1) is 15.9. The summed E-state index contributed by atoms with van der Waals surface area (Å²) in [6, 6.07) is 14.0. The molecule has 0 atom stereocenters. The van der Waals surface area contributed by atoms with E-state index in [4.69, 9.17) is 23.9 Å². The number of nitriles is 1. The molecule has 10 heteroatoms. The zero-order chi connectivity index (χ0) is 23.8. The average molecular weight is 449 g/mol. The highest BCUT2D eigenvalue weighted by Crippen LogP contribution is 2.34. The van der Waals surface area contributed by atoms with Gasteiger partial charge in [-0.05, 0) is 30.3 Å². The van der Waals surface area contributed by atoms with Gasteiger partial charge < -0.3 is 29.3 Å². The molecular formula is C23H19N3O7. The maximum absolute atomic E-state index is 12.7. The van der Waals surface area contributed by atoms with E-state index in [2.05, 4.69) is 10.6 Å². The Hall–Kier alpha value is -4.78. The van der Waals surface area contributed by atoms with Gasteiger partial charge in [0.1, 0.15) is 0 Å². The summed E-state index contributed by atoms with van der Waals surface area (Å²) in [6.45, 7) is -0.602. The van der Waals surface area contributed by atoms with Crippen molar-refractivity contribution < 1.29 is 33.0 Å². The number of esters is 1. The van der Waals surface area contributed by atoms with Crippen LogP contribution in [0.5, 0.6) is 11.5 Å². The van der Waals surface area contributed by atoms with Crippen LogP contribution in [0.4, 0.5) is 11.4 Å². The van der Waals surface area contributed by atoms with Crippen LogP contribution in [0, 0.1) is 11.3 Å². The predicted octanol–water partition coefficient (Wildman–Crippen LogP) is 3.22. The SMILES string of the molecule is COc1cc(NC(=O)c2ccco2)c(C(=O)OCC(=O)Nc2cccc(C#N)c2)cc1OC. The minimum Gasteiger partial charge on any atom is -0.493 e. The van der Waals surface area contributed by atoms with Crippen LogP contribution in [0.2, 0.25) is 0 Å². The summed E-state index contributed by atoms with van der Waals surface area (Å²) in [4.78, 5) is 37.3. The van der Waals surface area contributed by atoms with Gasteiger partial charge in [0.05, 0.1) is 43.4 Å². The molecule has 2 aromatic carbocycles. The first kappa shape index (κ1) is 22.9. The molecule has 3 aromatic rings. The highest BCUT2D eigenvalue weighted by Gasteiger charge is 2.22. The molecule has 10 nitrogen and oxygen atoms in total. The van der Waals surface area contributed by atoms with E-state index >= 15 is 0 Å². The predicted molar refractivity (Wildman–Crippen MR) is 116 cm³/mol. The number of rotatable bonds is 8. The molecule has 1 aromatic heterocycles. The van der Waals surface area contributed by atoms with E-state index in [-0.39, 0.29) is 28.5 Å². The summed E-state index contributed by atoms with van der Waals surface area (Å²) in [6.07, 6.45) is 1.34. The fourth-order valence-electron chi connectivity index (χ4n) is 2.82. The maximum atomic E-state index is 12.7. The van der Waals surface area contributed by atoms with Gasteiger partial charge in [-0.1, -0.05) is 6.07 Å². The van der Waals surface area contributed by atoms with Gasteiger partial charge in [-0.2, -0.15) is 5.26 Å². The second-order valence-corrected chi connectivity index (χ2v) is 6.50. The number of hydrogen-bond acceptors (Lipinski definition) is 8. The molecule has 0 bridgehead atoms. The van der Waals surface area contributed by atoms with Crippen molar-refractivity contribution in [3.63, 3.8) is 0 Å². The molecule has 0 fully saturated rings. The molecule has 33 heavy (non-hydrogen) atoms. The van der Waals surface area contributed by atoms with Gasteiger partial charge in [0, 0.05) is 17.8 Å². The minimum absolute atomic E-state index is 0.0306. The average Bonchev–Trinajstić information content (AvgIpc) is 3.37. The van der Waals surface area contributed by atoms with Gasteiger partial charge in [-0.15, -0.1) is 0 Å². The number of hydrogen-bond donors (Lipinski definition) is 2. The highest BCUT2D eigenvalue weighted by atomic mass is 16.5. The van der Waals surface area contributed by atoms with Crippen molar-refractivity contribution in [1.29, 1.82) is 5.26 Å². The largest absolute Gasteiger partial charge is 0.493 e. The van der Waals surface area contributed by atoms with Crippen molar-refractivity contribution in [2.45, 2.75) is 0 Å². The first-order valence-corrected chi connectivity index (χ1v) is 9.53. The summed E-state index contributed by atoms with van der Waals surface area (Å²) in [5, 5.41) is 14.0. The van der Waals surface area contributed by atoms with Gasteiger partial charge in [0.2, 0.25) is 0 Å². The van der Waals surface area contributed by atoms with Crippen molar-refractivity contribution in [1.82, 2.24) is 0 Å². The van der Waals surface area contributed by atoms with Crippen LogP contribution in [0.15, 0.2) is 59.2 Å². The summed E-state index contributed by atoms with van der Waals surface area (Å²) in [7, 11) is 2.79. The summed E-state index contributed by atoms with van der Waals surface area (Å²) >= 11 is 0. The summed E-state index contributed by atoms with van der Waals surface area (Å²) in [5.74, 6) is -1.58. The number of amides is 2. The third-order valence-corrected chi connectivity index (χ3v) is 4.35. The molecular weight excluding hydrogens is 430 g/mol. The van der Waals surface area contributed by atoms with Crippen molar-refractivity contribution in [2.75, 3.05) is 31.5 Å². The van der Waals surface area contributed by atoms with Crippen LogP contribution >= 0.6 is 0 Å². The van der Waals surface area contributed by atoms with E-state index in [1.165, 1.54) is 44.7 Å². The van der Waals surface area contributed by atoms with Crippen LogP contribution in [-0.4, -0.2) is 38.6 Å². The van der Waals surface area contributed by atoms with Gasteiger partial charge in [0.25, 0.3) is 11.8 Å². The molecule has 0 radical (unpaired) electrons. The monoisotopic (exact) mass is 449 g/mol. The fraction of sp³-hybridized carbons (Fsp3) is 0.130. The number of benzene rings is 2. The molecule has 0 aliphatic heterocycles. The second kappa shape index (κ2) is 10.5. The molecule has 0 unspecified atom stereocenters. The number of furan rings is 1. The molecule has 2 N–H and O–H groups in total. The van der Waals surface area contributed by atoms with E-state index in [0.717, 1.165) is 0 Å². The van der Waals surface area contributed by atoms with Gasteiger partial charge >= 0.3 is 5.97 Å². The lowest BCUT2D eigenvalue weighted by Crippen LogP contribution is -2.22. The Morgan fingerprint density at radius 2 is 1.76 bits per heavy atom. The number of methoxy groups -OCH3 is 2. The Labute approximate surface area is 188 Å². The van der Waals surface area contributed by atoms with E-state index in [9.17, 15) is 14.4 Å². The zero-order valence-electron chi connectivity index (χ0n) is 17.7. The molecule has 1 heterocycles. The number of carbonyl (C=O) groups excluding carboxylic acids is 3. The molecule has 3 rings (SSSR count). The second-order valence-electron chi connectivity index (χ2n) is 6.50. The fourth-order valence-corrected chi connectivity index (χ4v) is 2.82. The van der Waals surface area contributed by atoms with Gasteiger partial charge in [0.15, 0.2) is 23.9 Å². The summed E-state index contributed by atoms with van der Waals surface area (Å²) in [5.41, 5.74) is 0.757. The number of nitrogens with one attached hydrogen (secondary N) is 2. The molecule has 168 valence electrons. The molecule has 0 aliphatic rings. The third kappa shape index (κ3) is 5.68. The van der Waals surface area contributed by atoms with Crippen LogP contribution < -0.4 is 20.1 Å². The Balaban J connectivity index is 1.76. The Kier molecular flexibility index (Phi) is 7.28. The van der Waals surface area contributed by atoms with Crippen LogP contribution in [-0.2, 0) is 9.53 Å². The van der Waals surface area contributed by atoms with Crippen molar-refractivity contribution >= 4 is 29.2 Å². The van der Waals surface area contributed by atoms with E-state index < -0.39 is 24.4 Å². The topological polar surface area (TPSA) is 140 Å². The zero-order valence-corrected chi connectivity index (χ0v) is 17.7. The quantitative estimate of drug-likeness (QED) is 0.500. The maximum Gasteiger partial charge on any atom is 0.340 e. The van der Waals surface area contributed by atoms with Gasteiger partial charge in [-0.3, -0.25) is 9.59 Å². The van der Waals surface area contributed by atoms with Gasteiger partial charge in [-0.25, -0.2) is 4.79 Å². The number of anilines is 2. The number of nitrogens with zero attached hydrogens (tertiary/aromatic N) is 1. The van der Waals surface area contributed by atoms with Crippen LogP contribution in [0.25, 0.3) is 0 Å².